The first-order valence-electron chi connectivity index (χ1n) is 3.66. The molecule has 0 aliphatic rings. The molecular formula is C9H6FNO2. The van der Waals surface area contributed by atoms with E-state index in [4.69, 9.17) is 10.2 Å². The minimum atomic E-state index is -0.513. The molecule has 0 aliphatic heterocycles. The second kappa shape index (κ2) is 2.58. The van der Waals surface area contributed by atoms with E-state index in [9.17, 15) is 9.18 Å². The van der Waals surface area contributed by atoms with Gasteiger partial charge in [0, 0.05) is 11.5 Å². The molecule has 3 nitrogen and oxygen atoms in total. The van der Waals surface area contributed by atoms with Crippen LogP contribution in [0, 0.1) is 5.82 Å². The molecule has 0 atom stereocenters. The first-order chi connectivity index (χ1) is 6.18. The maximum Gasteiger partial charge on any atom is 0.336 e. The van der Waals surface area contributed by atoms with Crippen molar-refractivity contribution >= 4 is 16.7 Å². The average Bonchev–Trinajstić information content (AvgIpc) is 2.12. The molecule has 0 unspecified atom stereocenters. The molecule has 0 fully saturated rings. The Morgan fingerprint density at radius 2 is 2.00 bits per heavy atom. The van der Waals surface area contributed by atoms with E-state index in [0.29, 0.717) is 11.0 Å². The molecule has 0 saturated carbocycles. The third kappa shape index (κ3) is 1.16. The van der Waals surface area contributed by atoms with E-state index in [1.807, 2.05) is 0 Å². The molecule has 4 heteroatoms. The van der Waals surface area contributed by atoms with E-state index in [0.717, 1.165) is 0 Å². The van der Waals surface area contributed by atoms with Gasteiger partial charge in [0.2, 0.25) is 0 Å². The lowest BCUT2D eigenvalue weighted by molar-refractivity contribution is 0.559. The lowest BCUT2D eigenvalue weighted by atomic mass is 10.2. The van der Waals surface area contributed by atoms with Gasteiger partial charge < -0.3 is 10.2 Å². The Morgan fingerprint density at radius 3 is 2.77 bits per heavy atom. The molecule has 0 bridgehead atoms. The first kappa shape index (κ1) is 7.79. The highest BCUT2D eigenvalue weighted by Gasteiger charge is 2.04. The van der Waals surface area contributed by atoms with Gasteiger partial charge >= 0.3 is 5.63 Å². The maximum absolute atomic E-state index is 12.9. The fourth-order valence-electron chi connectivity index (χ4n) is 1.14. The van der Waals surface area contributed by atoms with Gasteiger partial charge in [-0.25, -0.2) is 9.18 Å². The Kier molecular flexibility index (Phi) is 1.55. The van der Waals surface area contributed by atoms with Crippen LogP contribution in [0.5, 0.6) is 0 Å². The number of benzene rings is 1. The van der Waals surface area contributed by atoms with Crippen molar-refractivity contribution in [3.63, 3.8) is 0 Å². The van der Waals surface area contributed by atoms with Crippen LogP contribution >= 0.6 is 0 Å². The van der Waals surface area contributed by atoms with Gasteiger partial charge in [-0.05, 0) is 18.2 Å². The molecule has 1 aromatic carbocycles. The first-order valence-corrected chi connectivity index (χ1v) is 3.66. The highest BCUT2D eigenvalue weighted by atomic mass is 19.1. The molecule has 1 aromatic heterocycles. The Balaban J connectivity index is 2.95. The predicted octanol–water partition coefficient (Wildman–Crippen LogP) is 1.51. The van der Waals surface area contributed by atoms with Crippen molar-refractivity contribution in [2.75, 3.05) is 5.73 Å². The summed E-state index contributed by atoms with van der Waals surface area (Å²) in [5.41, 5.74) is 5.26. The van der Waals surface area contributed by atoms with Gasteiger partial charge in [-0.2, -0.15) is 0 Å². The molecule has 13 heavy (non-hydrogen) atoms. The second-order valence-corrected chi connectivity index (χ2v) is 2.63. The van der Waals surface area contributed by atoms with Crippen molar-refractivity contribution in [2.24, 2.45) is 0 Å². The molecule has 2 aromatic rings. The number of nitrogen functional groups attached to an aromatic ring is 1. The summed E-state index contributed by atoms with van der Waals surface area (Å²) in [4.78, 5) is 10.8. The number of rotatable bonds is 0. The van der Waals surface area contributed by atoms with Gasteiger partial charge in [0.1, 0.15) is 11.4 Å². The monoisotopic (exact) mass is 179 g/mol. The summed E-state index contributed by atoms with van der Waals surface area (Å²) in [6, 6.07) is 5.20. The SMILES string of the molecule is Nc1c(F)ccc2oc(=O)ccc12. The summed E-state index contributed by atoms with van der Waals surface area (Å²) >= 11 is 0. The van der Waals surface area contributed by atoms with Gasteiger partial charge in [-0.3, -0.25) is 0 Å². The van der Waals surface area contributed by atoms with Crippen LogP contribution in [0.25, 0.3) is 11.0 Å². The van der Waals surface area contributed by atoms with Gasteiger partial charge in [-0.1, -0.05) is 0 Å². The van der Waals surface area contributed by atoms with Gasteiger partial charge in [0.15, 0.2) is 0 Å². The molecule has 0 amide bonds. The van der Waals surface area contributed by atoms with Crippen molar-refractivity contribution in [1.82, 2.24) is 0 Å². The van der Waals surface area contributed by atoms with Crippen molar-refractivity contribution in [3.8, 4) is 0 Å². The molecule has 2 rings (SSSR count). The Bertz CT molecular complexity index is 518. The zero-order chi connectivity index (χ0) is 9.42. The third-order valence-electron chi connectivity index (χ3n) is 1.79. The van der Waals surface area contributed by atoms with Crippen LogP contribution in [0.1, 0.15) is 0 Å². The number of hydrogen-bond acceptors (Lipinski definition) is 3. The van der Waals surface area contributed by atoms with E-state index < -0.39 is 11.4 Å². The number of hydrogen-bond donors (Lipinski definition) is 1. The number of fused-ring (bicyclic) bond motifs is 1. The number of halogens is 1. The smallest absolute Gasteiger partial charge is 0.336 e. The van der Waals surface area contributed by atoms with Gasteiger partial charge in [0.25, 0.3) is 0 Å². The second-order valence-electron chi connectivity index (χ2n) is 2.63. The zero-order valence-corrected chi connectivity index (χ0v) is 6.58. The van der Waals surface area contributed by atoms with Crippen LogP contribution < -0.4 is 11.4 Å². The Labute approximate surface area is 72.6 Å². The summed E-state index contributed by atoms with van der Waals surface area (Å²) in [6.07, 6.45) is 0. The topological polar surface area (TPSA) is 56.2 Å². The quantitative estimate of drug-likeness (QED) is 0.492. The normalized spacial score (nSPS) is 10.5. The number of anilines is 1. The highest BCUT2D eigenvalue weighted by Crippen LogP contribution is 2.21. The van der Waals surface area contributed by atoms with E-state index in [-0.39, 0.29) is 5.69 Å². The van der Waals surface area contributed by atoms with E-state index in [1.54, 1.807) is 0 Å². The molecule has 1 heterocycles. The summed E-state index contributed by atoms with van der Waals surface area (Å²) in [6.45, 7) is 0. The summed E-state index contributed by atoms with van der Waals surface area (Å²) in [7, 11) is 0. The van der Waals surface area contributed by atoms with Crippen LogP contribution in [0.2, 0.25) is 0 Å². The minimum Gasteiger partial charge on any atom is -0.423 e. The van der Waals surface area contributed by atoms with Crippen LogP contribution in [0.3, 0.4) is 0 Å². The van der Waals surface area contributed by atoms with Crippen molar-refractivity contribution in [3.05, 3.63) is 40.5 Å². The molecular weight excluding hydrogens is 173 g/mol. The van der Waals surface area contributed by atoms with Crippen molar-refractivity contribution in [2.45, 2.75) is 0 Å². The Morgan fingerprint density at radius 1 is 1.23 bits per heavy atom. The molecule has 0 saturated heterocycles. The molecule has 0 radical (unpaired) electrons. The molecule has 0 spiro atoms. The Hall–Kier alpha value is -1.84. The van der Waals surface area contributed by atoms with E-state index >= 15 is 0 Å². The summed E-state index contributed by atoms with van der Waals surface area (Å²) in [5.74, 6) is -0.513. The fourth-order valence-corrected chi connectivity index (χ4v) is 1.14. The largest absolute Gasteiger partial charge is 0.423 e. The predicted molar refractivity (Wildman–Crippen MR) is 46.9 cm³/mol. The highest BCUT2D eigenvalue weighted by molar-refractivity contribution is 5.88. The summed E-state index contributed by atoms with van der Waals surface area (Å²) in [5, 5.41) is 0.416. The maximum atomic E-state index is 12.9. The van der Waals surface area contributed by atoms with Crippen LogP contribution in [-0.4, -0.2) is 0 Å². The van der Waals surface area contributed by atoms with Crippen molar-refractivity contribution < 1.29 is 8.81 Å². The van der Waals surface area contributed by atoms with Crippen molar-refractivity contribution in [1.29, 1.82) is 0 Å². The zero-order valence-electron chi connectivity index (χ0n) is 6.58. The fraction of sp³-hybridized carbons (Fsp3) is 0. The molecule has 66 valence electrons. The van der Waals surface area contributed by atoms with Crippen LogP contribution in [0.15, 0.2) is 33.5 Å². The lowest BCUT2D eigenvalue weighted by Crippen LogP contribution is -1.97. The molecule has 0 aliphatic carbocycles. The molecule has 2 N–H and O–H groups in total. The van der Waals surface area contributed by atoms with E-state index in [2.05, 4.69) is 0 Å². The summed E-state index contributed by atoms with van der Waals surface area (Å²) < 4.78 is 17.7. The van der Waals surface area contributed by atoms with Crippen LogP contribution in [-0.2, 0) is 0 Å². The number of nitrogens with two attached hydrogens (primary N) is 1. The lowest BCUT2D eigenvalue weighted by Gasteiger charge is -2.00. The van der Waals surface area contributed by atoms with Crippen LogP contribution in [0.4, 0.5) is 10.1 Å². The van der Waals surface area contributed by atoms with Gasteiger partial charge in [0.05, 0.1) is 5.69 Å². The van der Waals surface area contributed by atoms with E-state index in [1.165, 1.54) is 24.3 Å². The minimum absolute atomic E-state index is 0.00116. The standard InChI is InChI=1S/C9H6FNO2/c10-6-2-3-7-5(9(6)11)1-4-8(12)13-7/h1-4H,11H2. The average molecular weight is 179 g/mol. The van der Waals surface area contributed by atoms with Gasteiger partial charge in [-0.15, -0.1) is 0 Å². The third-order valence-corrected chi connectivity index (χ3v) is 1.79.